The Morgan fingerprint density at radius 3 is 2.46 bits per heavy atom. The van der Waals surface area contributed by atoms with Crippen molar-refractivity contribution in [2.24, 2.45) is 5.41 Å². The Labute approximate surface area is 156 Å². The van der Waals surface area contributed by atoms with Crippen LogP contribution in [0.2, 0.25) is 0 Å². The van der Waals surface area contributed by atoms with E-state index in [0.29, 0.717) is 6.54 Å². The van der Waals surface area contributed by atoms with Gasteiger partial charge in [0.1, 0.15) is 0 Å². The first kappa shape index (κ1) is 20.2. The van der Waals surface area contributed by atoms with Gasteiger partial charge in [-0.1, -0.05) is 50.6 Å². The predicted octanol–water partition coefficient (Wildman–Crippen LogP) is 3.26. The second-order valence-electron chi connectivity index (χ2n) is 8.31. The zero-order chi connectivity index (χ0) is 19.6. The third-order valence-electron chi connectivity index (χ3n) is 4.59. The van der Waals surface area contributed by atoms with E-state index in [1.54, 1.807) is 4.90 Å². The third kappa shape index (κ3) is 4.15. The second kappa shape index (κ2) is 7.62. The Balaban J connectivity index is 2.47. The van der Waals surface area contributed by atoms with Crippen LogP contribution in [0.15, 0.2) is 35.6 Å². The van der Waals surface area contributed by atoms with Gasteiger partial charge in [-0.15, -0.1) is 0 Å². The number of Topliss-reactive ketones (excluding diaryl/α,β-unsaturated/α-hetero) is 1. The summed E-state index contributed by atoms with van der Waals surface area (Å²) in [6, 6.07) is 7.26. The summed E-state index contributed by atoms with van der Waals surface area (Å²) >= 11 is 0. The molecule has 0 saturated carbocycles. The Bertz CT molecular complexity index is 729. The van der Waals surface area contributed by atoms with Gasteiger partial charge in [-0.25, -0.2) is 0 Å². The first-order chi connectivity index (χ1) is 12.0. The quantitative estimate of drug-likeness (QED) is 0.848. The van der Waals surface area contributed by atoms with Crippen LogP contribution in [0.1, 0.15) is 44.4 Å². The minimum absolute atomic E-state index is 0.190. The minimum atomic E-state index is -0.675. The molecular formula is C21H30N2O3. The number of carbonyl (C=O) groups is 2. The lowest BCUT2D eigenvalue weighted by Crippen LogP contribution is -2.34. The summed E-state index contributed by atoms with van der Waals surface area (Å²) < 4.78 is 0. The standard InChI is InChI=1S/C21H30N2O3/c1-14-9-7-10-15(13-14)17-16(19(25)21(2,3)4)18(24)20(26)23(17)12-8-11-22(5)6/h7,9-10,13,17,24H,8,11-12H2,1-6H3. The molecule has 1 N–H and O–H groups in total. The molecule has 1 heterocycles. The Hall–Kier alpha value is -2.14. The van der Waals surface area contributed by atoms with Crippen molar-refractivity contribution in [2.75, 3.05) is 27.2 Å². The molecule has 0 aliphatic carbocycles. The van der Waals surface area contributed by atoms with Crippen molar-refractivity contribution in [3.63, 3.8) is 0 Å². The normalized spacial score (nSPS) is 18.2. The smallest absolute Gasteiger partial charge is 0.290 e. The molecule has 2 rings (SSSR count). The molecule has 1 unspecified atom stereocenters. The fraction of sp³-hybridized carbons (Fsp3) is 0.524. The third-order valence-corrected chi connectivity index (χ3v) is 4.59. The molecule has 0 saturated heterocycles. The van der Waals surface area contributed by atoms with Crippen molar-refractivity contribution < 1.29 is 14.7 Å². The lowest BCUT2D eigenvalue weighted by molar-refractivity contribution is -0.129. The van der Waals surface area contributed by atoms with Crippen LogP contribution in [-0.2, 0) is 9.59 Å². The summed E-state index contributed by atoms with van der Waals surface area (Å²) in [5, 5.41) is 10.5. The van der Waals surface area contributed by atoms with Gasteiger partial charge in [0.25, 0.3) is 5.91 Å². The molecule has 1 aromatic rings. The first-order valence-electron chi connectivity index (χ1n) is 9.04. The summed E-state index contributed by atoms with van der Waals surface area (Å²) in [5.41, 5.74) is 1.46. The van der Waals surface area contributed by atoms with Crippen LogP contribution in [0.3, 0.4) is 0 Å². The summed E-state index contributed by atoms with van der Waals surface area (Å²) in [6.45, 7) is 8.71. The summed E-state index contributed by atoms with van der Waals surface area (Å²) in [4.78, 5) is 29.4. The highest BCUT2D eigenvalue weighted by molar-refractivity contribution is 6.10. The van der Waals surface area contributed by atoms with Crippen LogP contribution >= 0.6 is 0 Å². The SMILES string of the molecule is Cc1cccc(C2C(C(=O)C(C)(C)C)=C(O)C(=O)N2CCCN(C)C)c1. The maximum atomic E-state index is 13.0. The fourth-order valence-corrected chi connectivity index (χ4v) is 3.26. The zero-order valence-electron chi connectivity index (χ0n) is 16.7. The lowest BCUT2D eigenvalue weighted by atomic mass is 9.82. The molecule has 1 atom stereocenters. The molecule has 5 heteroatoms. The van der Waals surface area contributed by atoms with Crippen LogP contribution in [-0.4, -0.2) is 53.8 Å². The van der Waals surface area contributed by atoms with Crippen molar-refractivity contribution in [3.05, 3.63) is 46.7 Å². The van der Waals surface area contributed by atoms with Gasteiger partial charge < -0.3 is 14.9 Å². The predicted molar refractivity (Wildman–Crippen MR) is 103 cm³/mol. The number of aliphatic hydroxyl groups excluding tert-OH is 1. The van der Waals surface area contributed by atoms with Crippen molar-refractivity contribution in [2.45, 2.75) is 40.2 Å². The van der Waals surface area contributed by atoms with E-state index in [2.05, 4.69) is 4.90 Å². The summed E-state index contributed by atoms with van der Waals surface area (Å²) in [5.74, 6) is -1.05. The van der Waals surface area contributed by atoms with Gasteiger partial charge in [0, 0.05) is 12.0 Å². The van der Waals surface area contributed by atoms with Crippen LogP contribution in [0.5, 0.6) is 0 Å². The Kier molecular flexibility index (Phi) is 5.91. The first-order valence-corrected chi connectivity index (χ1v) is 9.04. The molecule has 1 aromatic carbocycles. The highest BCUT2D eigenvalue weighted by Gasteiger charge is 2.45. The second-order valence-corrected chi connectivity index (χ2v) is 8.31. The molecule has 1 aliphatic rings. The van der Waals surface area contributed by atoms with Gasteiger partial charge in [0.05, 0.1) is 11.6 Å². The fourth-order valence-electron chi connectivity index (χ4n) is 3.26. The molecule has 26 heavy (non-hydrogen) atoms. The number of amides is 1. The van der Waals surface area contributed by atoms with Gasteiger partial charge in [0.15, 0.2) is 11.5 Å². The Morgan fingerprint density at radius 1 is 1.27 bits per heavy atom. The number of benzene rings is 1. The van der Waals surface area contributed by atoms with E-state index >= 15 is 0 Å². The molecule has 5 nitrogen and oxygen atoms in total. The van der Waals surface area contributed by atoms with Gasteiger partial charge in [-0.2, -0.15) is 0 Å². The van der Waals surface area contributed by atoms with Crippen molar-refractivity contribution >= 4 is 11.7 Å². The number of hydrogen-bond acceptors (Lipinski definition) is 4. The Morgan fingerprint density at radius 2 is 1.92 bits per heavy atom. The topological polar surface area (TPSA) is 60.9 Å². The number of aliphatic hydroxyl groups is 1. The number of hydrogen-bond donors (Lipinski definition) is 1. The van der Waals surface area contributed by atoms with Gasteiger partial charge in [-0.3, -0.25) is 9.59 Å². The molecule has 0 aromatic heterocycles. The average molecular weight is 358 g/mol. The lowest BCUT2D eigenvalue weighted by Gasteiger charge is -2.29. The average Bonchev–Trinajstić information content (AvgIpc) is 2.77. The van der Waals surface area contributed by atoms with Gasteiger partial charge >= 0.3 is 0 Å². The molecule has 1 aliphatic heterocycles. The van der Waals surface area contributed by atoms with Crippen LogP contribution in [0.25, 0.3) is 0 Å². The molecule has 142 valence electrons. The van der Waals surface area contributed by atoms with E-state index in [9.17, 15) is 14.7 Å². The largest absolute Gasteiger partial charge is 0.503 e. The number of ketones is 1. The van der Waals surface area contributed by atoms with E-state index in [4.69, 9.17) is 0 Å². The van der Waals surface area contributed by atoms with Crippen LogP contribution in [0.4, 0.5) is 0 Å². The van der Waals surface area contributed by atoms with E-state index in [0.717, 1.165) is 24.1 Å². The molecule has 1 amide bonds. The molecule has 0 fully saturated rings. The van der Waals surface area contributed by atoms with E-state index in [1.807, 2.05) is 66.1 Å². The minimum Gasteiger partial charge on any atom is -0.503 e. The van der Waals surface area contributed by atoms with E-state index < -0.39 is 23.1 Å². The number of nitrogens with zero attached hydrogens (tertiary/aromatic N) is 2. The van der Waals surface area contributed by atoms with Gasteiger partial charge in [0.2, 0.25) is 0 Å². The summed E-state index contributed by atoms with van der Waals surface area (Å²) in [7, 11) is 3.96. The van der Waals surface area contributed by atoms with Gasteiger partial charge in [-0.05, 0) is 39.5 Å². The molecule has 0 radical (unpaired) electrons. The highest BCUT2D eigenvalue weighted by Crippen LogP contribution is 2.41. The number of rotatable bonds is 6. The van der Waals surface area contributed by atoms with E-state index in [1.165, 1.54) is 0 Å². The van der Waals surface area contributed by atoms with Crippen LogP contribution in [0, 0.1) is 12.3 Å². The van der Waals surface area contributed by atoms with E-state index in [-0.39, 0.29) is 11.4 Å². The maximum absolute atomic E-state index is 13.0. The number of aryl methyl sites for hydroxylation is 1. The van der Waals surface area contributed by atoms with Crippen LogP contribution < -0.4 is 0 Å². The zero-order valence-corrected chi connectivity index (χ0v) is 16.7. The maximum Gasteiger partial charge on any atom is 0.290 e. The van der Waals surface area contributed by atoms with Crippen molar-refractivity contribution in [1.82, 2.24) is 9.80 Å². The number of carbonyl (C=O) groups excluding carboxylic acids is 2. The van der Waals surface area contributed by atoms with Crippen molar-refractivity contribution in [1.29, 1.82) is 0 Å². The molecular weight excluding hydrogens is 328 g/mol. The molecule has 0 spiro atoms. The molecule has 0 bridgehead atoms. The highest BCUT2D eigenvalue weighted by atomic mass is 16.3. The van der Waals surface area contributed by atoms with Crippen molar-refractivity contribution in [3.8, 4) is 0 Å². The monoisotopic (exact) mass is 358 g/mol. The summed E-state index contributed by atoms with van der Waals surface area (Å²) in [6.07, 6.45) is 0.769.